The van der Waals surface area contributed by atoms with Crippen molar-refractivity contribution in [3.8, 4) is 0 Å². The van der Waals surface area contributed by atoms with Gasteiger partial charge in [-0.05, 0) is 37.3 Å². The second kappa shape index (κ2) is 5.84. The Morgan fingerprint density at radius 3 is 2.76 bits per heavy atom. The third-order valence-electron chi connectivity index (χ3n) is 3.15. The van der Waals surface area contributed by atoms with Gasteiger partial charge < -0.3 is 0 Å². The number of carbonyl (C=O) groups is 1. The Bertz CT molecular complexity index is 767. The van der Waals surface area contributed by atoms with Crippen molar-refractivity contribution >= 4 is 44.2 Å². The summed E-state index contributed by atoms with van der Waals surface area (Å²) in [6.45, 7) is 2.50. The number of para-hydroxylation sites is 1. The van der Waals surface area contributed by atoms with E-state index in [0.717, 1.165) is 10.2 Å². The van der Waals surface area contributed by atoms with Crippen LogP contribution in [0.15, 0.2) is 48.5 Å². The molecule has 0 saturated carbocycles. The molecule has 3 nitrogen and oxygen atoms in total. The van der Waals surface area contributed by atoms with Gasteiger partial charge in [-0.15, -0.1) is 0 Å². The second-order valence-electron chi connectivity index (χ2n) is 4.52. The smallest absolute Gasteiger partial charge is 0.260 e. The lowest BCUT2D eigenvalue weighted by Gasteiger charge is -2.17. The molecule has 0 atom stereocenters. The van der Waals surface area contributed by atoms with Crippen molar-refractivity contribution < 1.29 is 4.79 Å². The minimum atomic E-state index is -0.0842. The number of halogens is 1. The zero-order chi connectivity index (χ0) is 14.8. The summed E-state index contributed by atoms with van der Waals surface area (Å²) in [4.78, 5) is 18.9. The van der Waals surface area contributed by atoms with Crippen LogP contribution in [0.5, 0.6) is 0 Å². The standard InChI is InChI=1S/C16H13ClN2OS/c1-2-19(15(20)11-6-5-7-12(17)10-11)16-18-13-8-3-4-9-14(13)21-16/h3-10H,2H2,1H3. The van der Waals surface area contributed by atoms with Crippen LogP contribution in [0.3, 0.4) is 0 Å². The summed E-state index contributed by atoms with van der Waals surface area (Å²) in [6, 6.07) is 14.9. The van der Waals surface area contributed by atoms with Gasteiger partial charge in [0, 0.05) is 17.1 Å². The van der Waals surface area contributed by atoms with Gasteiger partial charge in [0.25, 0.3) is 5.91 Å². The number of anilines is 1. The van der Waals surface area contributed by atoms with Crippen LogP contribution in [0.1, 0.15) is 17.3 Å². The molecule has 0 N–H and O–H groups in total. The molecule has 3 rings (SSSR count). The van der Waals surface area contributed by atoms with E-state index < -0.39 is 0 Å². The van der Waals surface area contributed by atoms with Crippen LogP contribution in [0, 0.1) is 0 Å². The molecule has 0 aliphatic carbocycles. The second-order valence-corrected chi connectivity index (χ2v) is 5.97. The average molecular weight is 317 g/mol. The Morgan fingerprint density at radius 1 is 1.24 bits per heavy atom. The molecule has 0 saturated heterocycles. The number of hydrogen-bond donors (Lipinski definition) is 0. The van der Waals surface area contributed by atoms with Crippen molar-refractivity contribution in [2.45, 2.75) is 6.92 Å². The summed E-state index contributed by atoms with van der Waals surface area (Å²) in [6.07, 6.45) is 0. The van der Waals surface area contributed by atoms with E-state index in [1.807, 2.05) is 31.2 Å². The number of thiazole rings is 1. The van der Waals surface area contributed by atoms with Crippen LogP contribution in [-0.4, -0.2) is 17.4 Å². The molecule has 5 heteroatoms. The van der Waals surface area contributed by atoms with E-state index >= 15 is 0 Å². The van der Waals surface area contributed by atoms with Crippen molar-refractivity contribution in [1.29, 1.82) is 0 Å². The van der Waals surface area contributed by atoms with Crippen LogP contribution in [-0.2, 0) is 0 Å². The topological polar surface area (TPSA) is 33.2 Å². The number of carbonyl (C=O) groups excluding carboxylic acids is 1. The normalized spacial score (nSPS) is 10.8. The van der Waals surface area contributed by atoms with Gasteiger partial charge in [-0.25, -0.2) is 4.98 Å². The van der Waals surface area contributed by atoms with E-state index in [0.29, 0.717) is 22.3 Å². The number of rotatable bonds is 3. The molecule has 106 valence electrons. The molecule has 0 aliphatic rings. The van der Waals surface area contributed by atoms with Crippen LogP contribution < -0.4 is 4.90 Å². The third kappa shape index (κ3) is 2.77. The van der Waals surface area contributed by atoms with Crippen LogP contribution >= 0.6 is 22.9 Å². The molecule has 1 heterocycles. The molecule has 0 bridgehead atoms. The Kier molecular flexibility index (Phi) is 3.90. The van der Waals surface area contributed by atoms with Crippen molar-refractivity contribution in [3.05, 3.63) is 59.1 Å². The van der Waals surface area contributed by atoms with E-state index in [1.54, 1.807) is 29.2 Å². The third-order valence-corrected chi connectivity index (χ3v) is 4.44. The maximum Gasteiger partial charge on any atom is 0.260 e. The molecule has 1 amide bonds. The Balaban J connectivity index is 1.99. The van der Waals surface area contributed by atoms with Gasteiger partial charge in [0.2, 0.25) is 0 Å². The fourth-order valence-electron chi connectivity index (χ4n) is 2.12. The van der Waals surface area contributed by atoms with Crippen molar-refractivity contribution in [2.75, 3.05) is 11.4 Å². The predicted molar refractivity (Wildman–Crippen MR) is 88.4 cm³/mol. The van der Waals surface area contributed by atoms with Gasteiger partial charge >= 0.3 is 0 Å². The maximum atomic E-state index is 12.6. The van der Waals surface area contributed by atoms with E-state index in [4.69, 9.17) is 11.6 Å². The molecule has 0 aliphatic heterocycles. The lowest BCUT2D eigenvalue weighted by Crippen LogP contribution is -2.30. The Labute approximate surface area is 131 Å². The lowest BCUT2D eigenvalue weighted by atomic mass is 10.2. The molecule has 21 heavy (non-hydrogen) atoms. The summed E-state index contributed by atoms with van der Waals surface area (Å²) in [5.41, 5.74) is 1.48. The number of hydrogen-bond acceptors (Lipinski definition) is 3. The van der Waals surface area contributed by atoms with Gasteiger partial charge in [0.05, 0.1) is 10.2 Å². The molecular weight excluding hydrogens is 304 g/mol. The molecule has 0 radical (unpaired) electrons. The molecule has 2 aromatic carbocycles. The first-order chi connectivity index (χ1) is 10.2. The summed E-state index contributed by atoms with van der Waals surface area (Å²) in [5, 5.41) is 1.27. The lowest BCUT2D eigenvalue weighted by molar-refractivity contribution is 0.0988. The van der Waals surface area contributed by atoms with Gasteiger partial charge in [-0.3, -0.25) is 9.69 Å². The van der Waals surface area contributed by atoms with E-state index in [1.165, 1.54) is 11.3 Å². The van der Waals surface area contributed by atoms with Gasteiger partial charge in [-0.1, -0.05) is 41.1 Å². The highest BCUT2D eigenvalue weighted by atomic mass is 35.5. The number of fused-ring (bicyclic) bond motifs is 1. The van der Waals surface area contributed by atoms with Crippen molar-refractivity contribution in [3.63, 3.8) is 0 Å². The molecule has 3 aromatic rings. The van der Waals surface area contributed by atoms with E-state index in [2.05, 4.69) is 4.98 Å². The van der Waals surface area contributed by atoms with E-state index in [9.17, 15) is 4.79 Å². The SMILES string of the molecule is CCN(C(=O)c1cccc(Cl)c1)c1nc2ccccc2s1. The summed E-state index contributed by atoms with van der Waals surface area (Å²) in [7, 11) is 0. The highest BCUT2D eigenvalue weighted by Crippen LogP contribution is 2.29. The molecule has 1 aromatic heterocycles. The van der Waals surface area contributed by atoms with Gasteiger partial charge in [0.15, 0.2) is 5.13 Å². The zero-order valence-corrected chi connectivity index (χ0v) is 13.0. The van der Waals surface area contributed by atoms with Crippen molar-refractivity contribution in [1.82, 2.24) is 4.98 Å². The first-order valence-electron chi connectivity index (χ1n) is 6.62. The van der Waals surface area contributed by atoms with Crippen LogP contribution in [0.25, 0.3) is 10.2 Å². The van der Waals surface area contributed by atoms with Crippen molar-refractivity contribution in [2.24, 2.45) is 0 Å². The predicted octanol–water partition coefficient (Wildman–Crippen LogP) is 4.62. The van der Waals surface area contributed by atoms with Crippen LogP contribution in [0.4, 0.5) is 5.13 Å². The highest BCUT2D eigenvalue weighted by Gasteiger charge is 2.19. The first-order valence-corrected chi connectivity index (χ1v) is 7.81. The van der Waals surface area contributed by atoms with Gasteiger partial charge in [-0.2, -0.15) is 0 Å². The fourth-order valence-corrected chi connectivity index (χ4v) is 3.34. The maximum absolute atomic E-state index is 12.6. The average Bonchev–Trinajstić information content (AvgIpc) is 2.91. The summed E-state index contributed by atoms with van der Waals surface area (Å²) < 4.78 is 1.07. The summed E-state index contributed by atoms with van der Waals surface area (Å²) >= 11 is 7.48. The summed E-state index contributed by atoms with van der Waals surface area (Å²) in [5.74, 6) is -0.0842. The number of benzene rings is 2. The number of amides is 1. The van der Waals surface area contributed by atoms with E-state index in [-0.39, 0.29) is 5.91 Å². The fraction of sp³-hybridized carbons (Fsp3) is 0.125. The van der Waals surface area contributed by atoms with Gasteiger partial charge in [0.1, 0.15) is 0 Å². The number of nitrogens with zero attached hydrogens (tertiary/aromatic N) is 2. The van der Waals surface area contributed by atoms with Crippen LogP contribution in [0.2, 0.25) is 5.02 Å². The Hall–Kier alpha value is -1.91. The molecule has 0 unspecified atom stereocenters. The first kappa shape index (κ1) is 14.0. The largest absolute Gasteiger partial charge is 0.284 e. The molecular formula is C16H13ClN2OS. The zero-order valence-electron chi connectivity index (χ0n) is 11.4. The molecule has 0 spiro atoms. The minimum Gasteiger partial charge on any atom is -0.284 e. The molecule has 0 fully saturated rings. The Morgan fingerprint density at radius 2 is 2.05 bits per heavy atom. The minimum absolute atomic E-state index is 0.0842. The number of aromatic nitrogens is 1. The monoisotopic (exact) mass is 316 g/mol. The highest BCUT2D eigenvalue weighted by molar-refractivity contribution is 7.22. The quantitative estimate of drug-likeness (QED) is 0.706.